The maximum Gasteiger partial charge on any atom is 0.222 e. The first-order valence-corrected chi connectivity index (χ1v) is 6.14. The van der Waals surface area contributed by atoms with E-state index in [2.05, 4.69) is 0 Å². The molecule has 1 atom stereocenters. The van der Waals surface area contributed by atoms with E-state index >= 15 is 0 Å². The van der Waals surface area contributed by atoms with Crippen LogP contribution in [0.25, 0.3) is 0 Å². The molecule has 1 aliphatic heterocycles. The molecule has 0 aromatic rings. The molecule has 2 amide bonds. The van der Waals surface area contributed by atoms with E-state index in [1.165, 1.54) is 0 Å². The van der Waals surface area contributed by atoms with Gasteiger partial charge in [-0.1, -0.05) is 6.92 Å². The molecule has 5 nitrogen and oxygen atoms in total. The van der Waals surface area contributed by atoms with E-state index in [1.807, 2.05) is 4.90 Å². The van der Waals surface area contributed by atoms with Gasteiger partial charge in [0.2, 0.25) is 11.8 Å². The van der Waals surface area contributed by atoms with Crippen molar-refractivity contribution in [2.75, 3.05) is 20.2 Å². The number of amides is 2. The van der Waals surface area contributed by atoms with Gasteiger partial charge < -0.3 is 15.4 Å². The summed E-state index contributed by atoms with van der Waals surface area (Å²) in [5.74, 6) is -0.445. The second-order valence-electron chi connectivity index (χ2n) is 4.66. The number of ether oxygens (including phenoxy) is 1. The summed E-state index contributed by atoms with van der Waals surface area (Å²) in [6, 6.07) is 0. The Morgan fingerprint density at radius 2 is 2.00 bits per heavy atom. The maximum atomic E-state index is 11.9. The Bertz CT molecular complexity index is 273. The number of hydrogen-bond donors (Lipinski definition) is 1. The van der Waals surface area contributed by atoms with Crippen LogP contribution < -0.4 is 5.73 Å². The lowest BCUT2D eigenvalue weighted by Crippen LogP contribution is -2.40. The monoisotopic (exact) mass is 242 g/mol. The molecule has 1 heterocycles. The van der Waals surface area contributed by atoms with Crippen LogP contribution >= 0.6 is 0 Å². The van der Waals surface area contributed by atoms with Crippen molar-refractivity contribution in [3.05, 3.63) is 0 Å². The van der Waals surface area contributed by atoms with Crippen LogP contribution in [0.2, 0.25) is 0 Å². The fraction of sp³-hybridized carbons (Fsp3) is 0.833. The highest BCUT2D eigenvalue weighted by atomic mass is 16.5. The van der Waals surface area contributed by atoms with E-state index in [1.54, 1.807) is 14.0 Å². The molecule has 0 spiro atoms. The molecule has 0 bridgehead atoms. The van der Waals surface area contributed by atoms with Gasteiger partial charge in [-0.25, -0.2) is 0 Å². The van der Waals surface area contributed by atoms with Gasteiger partial charge in [0.05, 0.1) is 6.10 Å². The Kier molecular flexibility index (Phi) is 5.41. The van der Waals surface area contributed by atoms with Crippen LogP contribution in [0.1, 0.15) is 32.6 Å². The van der Waals surface area contributed by atoms with Crippen molar-refractivity contribution in [1.82, 2.24) is 4.90 Å². The fourth-order valence-electron chi connectivity index (χ4n) is 1.98. The number of hydrogen-bond acceptors (Lipinski definition) is 3. The highest BCUT2D eigenvalue weighted by molar-refractivity contribution is 5.79. The number of likely N-dealkylation sites (tertiary alicyclic amines) is 1. The molecule has 0 aromatic carbocycles. The van der Waals surface area contributed by atoms with Crippen molar-refractivity contribution >= 4 is 11.8 Å². The van der Waals surface area contributed by atoms with E-state index in [0.29, 0.717) is 12.8 Å². The van der Waals surface area contributed by atoms with Crippen LogP contribution in [0.3, 0.4) is 0 Å². The van der Waals surface area contributed by atoms with Gasteiger partial charge in [0.15, 0.2) is 0 Å². The molecular formula is C12H22N2O3. The zero-order chi connectivity index (χ0) is 12.8. The molecule has 2 N–H and O–H groups in total. The van der Waals surface area contributed by atoms with E-state index < -0.39 is 0 Å². The number of primary amides is 1. The summed E-state index contributed by atoms with van der Waals surface area (Å²) in [7, 11) is 1.71. The summed E-state index contributed by atoms with van der Waals surface area (Å²) < 4.78 is 5.25. The van der Waals surface area contributed by atoms with E-state index in [9.17, 15) is 9.59 Å². The molecule has 0 aromatic heterocycles. The van der Waals surface area contributed by atoms with Crippen LogP contribution in [-0.4, -0.2) is 43.0 Å². The predicted molar refractivity (Wildman–Crippen MR) is 64.2 cm³/mol. The summed E-state index contributed by atoms with van der Waals surface area (Å²) in [5.41, 5.74) is 5.16. The van der Waals surface area contributed by atoms with Crippen molar-refractivity contribution < 1.29 is 14.3 Å². The third-order valence-electron chi connectivity index (χ3n) is 3.40. The van der Waals surface area contributed by atoms with Gasteiger partial charge in [0.25, 0.3) is 0 Å². The largest absolute Gasteiger partial charge is 0.381 e. The summed E-state index contributed by atoms with van der Waals surface area (Å²) in [4.78, 5) is 24.6. The lowest BCUT2D eigenvalue weighted by molar-refractivity contribution is -0.134. The molecule has 17 heavy (non-hydrogen) atoms. The van der Waals surface area contributed by atoms with Gasteiger partial charge in [0.1, 0.15) is 0 Å². The van der Waals surface area contributed by atoms with E-state index in [4.69, 9.17) is 10.5 Å². The summed E-state index contributed by atoms with van der Waals surface area (Å²) >= 11 is 0. The molecule has 0 aliphatic carbocycles. The van der Waals surface area contributed by atoms with E-state index in [-0.39, 0.29) is 23.8 Å². The highest BCUT2D eigenvalue weighted by Crippen LogP contribution is 2.15. The third-order valence-corrected chi connectivity index (χ3v) is 3.40. The third kappa shape index (κ3) is 4.34. The molecule has 0 saturated carbocycles. The molecule has 1 saturated heterocycles. The lowest BCUT2D eigenvalue weighted by Gasteiger charge is -2.31. The standard InChI is InChI=1S/C12H22N2O3/c1-9(12(13)16)3-4-11(15)14-7-5-10(17-2)6-8-14/h9-10H,3-8H2,1-2H3,(H2,13,16)/t9-/m0/s1. The number of nitrogens with two attached hydrogens (primary N) is 1. The molecule has 1 aliphatic rings. The Morgan fingerprint density at radius 3 is 2.47 bits per heavy atom. The van der Waals surface area contributed by atoms with Crippen molar-refractivity contribution in [2.45, 2.75) is 38.7 Å². The first kappa shape index (κ1) is 14.0. The number of methoxy groups -OCH3 is 1. The number of piperidine rings is 1. The van der Waals surface area contributed by atoms with Crippen molar-refractivity contribution in [2.24, 2.45) is 11.7 Å². The van der Waals surface area contributed by atoms with Crippen LogP contribution in [0.5, 0.6) is 0 Å². The summed E-state index contributed by atoms with van der Waals surface area (Å²) in [6.45, 7) is 3.26. The molecule has 98 valence electrons. The van der Waals surface area contributed by atoms with E-state index in [0.717, 1.165) is 25.9 Å². The van der Waals surface area contributed by atoms with Gasteiger partial charge in [-0.05, 0) is 19.3 Å². The minimum absolute atomic E-state index is 0.118. The predicted octanol–water partition coefficient (Wildman–Crippen LogP) is 0.525. The number of carbonyl (C=O) groups excluding carboxylic acids is 2. The van der Waals surface area contributed by atoms with Gasteiger partial charge in [0, 0.05) is 32.5 Å². The first-order valence-electron chi connectivity index (χ1n) is 6.14. The number of rotatable bonds is 5. The summed E-state index contributed by atoms with van der Waals surface area (Å²) in [5, 5.41) is 0. The molecule has 1 rings (SSSR count). The molecular weight excluding hydrogens is 220 g/mol. The zero-order valence-corrected chi connectivity index (χ0v) is 10.6. The second-order valence-corrected chi connectivity index (χ2v) is 4.66. The zero-order valence-electron chi connectivity index (χ0n) is 10.6. The fourth-order valence-corrected chi connectivity index (χ4v) is 1.98. The molecule has 0 unspecified atom stereocenters. The molecule has 0 radical (unpaired) electrons. The topological polar surface area (TPSA) is 72.6 Å². The number of carbonyl (C=O) groups is 2. The Labute approximate surface area is 102 Å². The van der Waals surface area contributed by atoms with Crippen LogP contribution in [0, 0.1) is 5.92 Å². The van der Waals surface area contributed by atoms with Crippen LogP contribution in [0.4, 0.5) is 0 Å². The summed E-state index contributed by atoms with van der Waals surface area (Å²) in [6.07, 6.45) is 3.02. The van der Waals surface area contributed by atoms with Crippen molar-refractivity contribution in [1.29, 1.82) is 0 Å². The maximum absolute atomic E-state index is 11.9. The lowest BCUT2D eigenvalue weighted by atomic mass is 10.0. The van der Waals surface area contributed by atoms with Crippen molar-refractivity contribution in [3.8, 4) is 0 Å². The second kappa shape index (κ2) is 6.59. The average Bonchev–Trinajstić information content (AvgIpc) is 2.35. The Morgan fingerprint density at radius 1 is 1.41 bits per heavy atom. The van der Waals surface area contributed by atoms with Crippen molar-refractivity contribution in [3.63, 3.8) is 0 Å². The normalized spacial score (nSPS) is 19.1. The first-order chi connectivity index (χ1) is 8.04. The van der Waals surface area contributed by atoms with Gasteiger partial charge in [-0.15, -0.1) is 0 Å². The minimum Gasteiger partial charge on any atom is -0.381 e. The number of nitrogens with zero attached hydrogens (tertiary/aromatic N) is 1. The molecule has 1 fully saturated rings. The molecule has 5 heteroatoms. The quantitative estimate of drug-likeness (QED) is 0.764. The minimum atomic E-state index is -0.337. The van der Waals surface area contributed by atoms with Gasteiger partial charge in [-0.2, -0.15) is 0 Å². The van der Waals surface area contributed by atoms with Crippen LogP contribution in [0.15, 0.2) is 0 Å². The Balaban J connectivity index is 2.27. The van der Waals surface area contributed by atoms with Crippen LogP contribution in [-0.2, 0) is 14.3 Å². The SMILES string of the molecule is COC1CCN(C(=O)CC[C@H](C)C(N)=O)CC1. The Hall–Kier alpha value is -1.10. The van der Waals surface area contributed by atoms with Gasteiger partial charge in [-0.3, -0.25) is 9.59 Å². The smallest absolute Gasteiger partial charge is 0.222 e. The highest BCUT2D eigenvalue weighted by Gasteiger charge is 2.22. The van der Waals surface area contributed by atoms with Gasteiger partial charge >= 0.3 is 0 Å². The average molecular weight is 242 g/mol.